The predicted octanol–water partition coefficient (Wildman–Crippen LogP) is 3.75. The molecule has 0 heterocycles. The molecule has 110 valence electrons. The number of hydrogen-bond acceptors (Lipinski definition) is 3. The van der Waals surface area contributed by atoms with Crippen molar-refractivity contribution in [2.75, 3.05) is 25.6 Å². The molecule has 0 aliphatic carbocycles. The van der Waals surface area contributed by atoms with E-state index in [0.717, 1.165) is 6.54 Å². The summed E-state index contributed by atoms with van der Waals surface area (Å²) in [5.41, 5.74) is 6.21. The van der Waals surface area contributed by atoms with Crippen LogP contribution in [0.15, 0.2) is 0 Å². The maximum atomic E-state index is 6.04. The van der Waals surface area contributed by atoms with Gasteiger partial charge >= 0.3 is 0 Å². The predicted molar refractivity (Wildman–Crippen MR) is 86.4 cm³/mol. The lowest BCUT2D eigenvalue weighted by atomic mass is 9.91. The molecule has 3 heteroatoms. The van der Waals surface area contributed by atoms with E-state index in [4.69, 9.17) is 5.73 Å². The number of likely N-dealkylation sites (N-methyl/N-ethyl adjacent to an activating group) is 1. The van der Waals surface area contributed by atoms with Crippen molar-refractivity contribution < 1.29 is 0 Å². The van der Waals surface area contributed by atoms with Crippen LogP contribution in [0.5, 0.6) is 0 Å². The Labute approximate surface area is 119 Å². The summed E-state index contributed by atoms with van der Waals surface area (Å²) in [7, 11) is 2.25. The van der Waals surface area contributed by atoms with Gasteiger partial charge in [0.05, 0.1) is 0 Å². The van der Waals surface area contributed by atoms with Gasteiger partial charge in [0.15, 0.2) is 0 Å². The van der Waals surface area contributed by atoms with Crippen molar-refractivity contribution in [1.29, 1.82) is 0 Å². The van der Waals surface area contributed by atoms with Crippen LogP contribution in [-0.4, -0.2) is 42.1 Å². The first-order chi connectivity index (χ1) is 8.51. The zero-order valence-electron chi connectivity index (χ0n) is 13.2. The first-order valence-electron chi connectivity index (χ1n) is 7.43. The maximum Gasteiger partial charge on any atom is 0.0303 e. The van der Waals surface area contributed by atoms with E-state index in [9.17, 15) is 0 Å². The van der Waals surface area contributed by atoms with Crippen molar-refractivity contribution in [3.05, 3.63) is 0 Å². The topological polar surface area (TPSA) is 29.3 Å². The molecule has 0 aromatic rings. The van der Waals surface area contributed by atoms with E-state index in [1.807, 2.05) is 11.8 Å². The third-order valence-electron chi connectivity index (χ3n) is 4.26. The Bertz CT molecular complexity index is 199. The fraction of sp³-hybridized carbons (Fsp3) is 1.00. The molecule has 0 aliphatic heterocycles. The highest BCUT2D eigenvalue weighted by Gasteiger charge is 2.29. The van der Waals surface area contributed by atoms with Gasteiger partial charge in [-0.3, -0.25) is 4.90 Å². The van der Waals surface area contributed by atoms with E-state index < -0.39 is 0 Å². The number of nitrogens with two attached hydrogens (primary N) is 1. The molecule has 0 fully saturated rings. The van der Waals surface area contributed by atoms with Gasteiger partial charge in [0.1, 0.15) is 0 Å². The smallest absolute Gasteiger partial charge is 0.0303 e. The summed E-state index contributed by atoms with van der Waals surface area (Å²) >= 11 is 1.93. The molecule has 0 amide bonds. The monoisotopic (exact) mass is 274 g/mol. The first-order valence-corrected chi connectivity index (χ1v) is 8.83. The van der Waals surface area contributed by atoms with E-state index in [0.29, 0.717) is 6.04 Å². The van der Waals surface area contributed by atoms with Gasteiger partial charge in [-0.15, -0.1) is 0 Å². The minimum Gasteiger partial charge on any atom is -0.329 e. The second-order valence-electron chi connectivity index (χ2n) is 5.75. The molecule has 0 bridgehead atoms. The molecule has 2 unspecified atom stereocenters. The molecule has 0 saturated heterocycles. The number of unbranched alkanes of at least 4 members (excludes halogenated alkanes) is 3. The summed E-state index contributed by atoms with van der Waals surface area (Å²) in [6, 6.07) is 0.622. The van der Waals surface area contributed by atoms with Crippen molar-refractivity contribution >= 4 is 11.8 Å². The normalized spacial score (nSPS) is 16.8. The van der Waals surface area contributed by atoms with E-state index in [1.165, 1.54) is 44.3 Å². The lowest BCUT2D eigenvalue weighted by molar-refractivity contribution is 0.0878. The molecule has 2 N–H and O–H groups in total. The van der Waals surface area contributed by atoms with Crippen molar-refractivity contribution in [1.82, 2.24) is 4.90 Å². The van der Waals surface area contributed by atoms with Crippen LogP contribution in [-0.2, 0) is 0 Å². The molecule has 0 radical (unpaired) electrons. The third kappa shape index (κ3) is 6.44. The summed E-state index contributed by atoms with van der Waals surface area (Å²) in [6.07, 6.45) is 9.97. The fourth-order valence-corrected chi connectivity index (χ4v) is 2.95. The first kappa shape index (κ1) is 18.3. The van der Waals surface area contributed by atoms with Gasteiger partial charge in [-0.1, -0.05) is 32.6 Å². The lowest BCUT2D eigenvalue weighted by Gasteiger charge is -2.42. The number of nitrogens with zero attached hydrogens (tertiary/aromatic N) is 1. The van der Waals surface area contributed by atoms with Crippen LogP contribution in [0.1, 0.15) is 59.3 Å². The van der Waals surface area contributed by atoms with Gasteiger partial charge in [0.2, 0.25) is 0 Å². The molecule has 0 aromatic carbocycles. The van der Waals surface area contributed by atoms with E-state index >= 15 is 0 Å². The van der Waals surface area contributed by atoms with Gasteiger partial charge in [-0.05, 0) is 45.7 Å². The van der Waals surface area contributed by atoms with E-state index in [-0.39, 0.29) is 5.54 Å². The molecular weight excluding hydrogens is 240 g/mol. The van der Waals surface area contributed by atoms with Gasteiger partial charge in [-0.2, -0.15) is 11.8 Å². The highest BCUT2D eigenvalue weighted by molar-refractivity contribution is 7.98. The Hall–Kier alpha value is 0.270. The van der Waals surface area contributed by atoms with Crippen LogP contribution < -0.4 is 5.73 Å². The van der Waals surface area contributed by atoms with Gasteiger partial charge < -0.3 is 5.73 Å². The molecule has 0 rings (SSSR count). The quantitative estimate of drug-likeness (QED) is 0.582. The summed E-state index contributed by atoms with van der Waals surface area (Å²) in [4.78, 5) is 2.51. The van der Waals surface area contributed by atoms with Gasteiger partial charge in [0, 0.05) is 18.1 Å². The summed E-state index contributed by atoms with van der Waals surface area (Å²) in [5, 5.41) is 0. The number of rotatable bonds is 11. The zero-order chi connectivity index (χ0) is 14.0. The Balaban J connectivity index is 4.23. The number of hydrogen-bond donors (Lipinski definition) is 1. The van der Waals surface area contributed by atoms with Crippen LogP contribution in [0.3, 0.4) is 0 Å². The van der Waals surface area contributed by atoms with Crippen molar-refractivity contribution in [2.24, 2.45) is 5.73 Å². The van der Waals surface area contributed by atoms with Gasteiger partial charge in [-0.25, -0.2) is 0 Å². The van der Waals surface area contributed by atoms with Gasteiger partial charge in [0.25, 0.3) is 0 Å². The summed E-state index contributed by atoms with van der Waals surface area (Å²) < 4.78 is 0. The average molecular weight is 275 g/mol. The minimum atomic E-state index is 0.172. The van der Waals surface area contributed by atoms with Crippen molar-refractivity contribution in [3.8, 4) is 0 Å². The standard InChI is InChI=1S/C15H34N2S/c1-6-7-8-9-11-15(3,13-16)17(4)14(2)10-12-18-5/h14H,6-13,16H2,1-5H3. The molecule has 0 aliphatic rings. The maximum absolute atomic E-state index is 6.04. The van der Waals surface area contributed by atoms with E-state index in [2.05, 4.69) is 39.0 Å². The Morgan fingerprint density at radius 3 is 2.44 bits per heavy atom. The number of thioether (sulfide) groups is 1. The summed E-state index contributed by atoms with van der Waals surface area (Å²) in [5.74, 6) is 1.24. The van der Waals surface area contributed by atoms with Crippen molar-refractivity contribution in [2.45, 2.75) is 70.9 Å². The lowest BCUT2D eigenvalue weighted by Crippen LogP contribution is -2.53. The molecule has 0 saturated carbocycles. The highest BCUT2D eigenvalue weighted by atomic mass is 32.2. The molecule has 0 aromatic heterocycles. The highest BCUT2D eigenvalue weighted by Crippen LogP contribution is 2.24. The second-order valence-corrected chi connectivity index (χ2v) is 6.74. The second kappa shape index (κ2) is 10.1. The third-order valence-corrected chi connectivity index (χ3v) is 4.91. The minimum absolute atomic E-state index is 0.172. The van der Waals surface area contributed by atoms with Crippen LogP contribution in [0, 0.1) is 0 Å². The molecule has 18 heavy (non-hydrogen) atoms. The molecule has 2 atom stereocenters. The zero-order valence-corrected chi connectivity index (χ0v) is 14.0. The Morgan fingerprint density at radius 1 is 1.28 bits per heavy atom. The van der Waals surface area contributed by atoms with E-state index in [1.54, 1.807) is 0 Å². The van der Waals surface area contributed by atoms with Crippen LogP contribution in [0.2, 0.25) is 0 Å². The fourth-order valence-electron chi connectivity index (χ4n) is 2.37. The Kier molecular flexibility index (Phi) is 10.3. The Morgan fingerprint density at radius 2 is 1.94 bits per heavy atom. The molecular formula is C15H34N2S. The van der Waals surface area contributed by atoms with Crippen LogP contribution >= 0.6 is 11.8 Å². The molecule has 2 nitrogen and oxygen atoms in total. The molecule has 0 spiro atoms. The largest absolute Gasteiger partial charge is 0.329 e. The average Bonchev–Trinajstić information content (AvgIpc) is 2.39. The van der Waals surface area contributed by atoms with Crippen LogP contribution in [0.25, 0.3) is 0 Å². The van der Waals surface area contributed by atoms with Crippen LogP contribution in [0.4, 0.5) is 0 Å². The summed E-state index contributed by atoms with van der Waals surface area (Å²) in [6.45, 7) is 7.68. The van der Waals surface area contributed by atoms with Crippen molar-refractivity contribution in [3.63, 3.8) is 0 Å². The SMILES string of the molecule is CCCCCCC(C)(CN)N(C)C(C)CCSC.